The summed E-state index contributed by atoms with van der Waals surface area (Å²) in [6, 6.07) is 25.3. The van der Waals surface area contributed by atoms with Crippen LogP contribution in [-0.2, 0) is 9.53 Å². The average Bonchev–Trinajstić information content (AvgIpc) is 3.46. The van der Waals surface area contributed by atoms with E-state index in [1.807, 2.05) is 54.6 Å². The summed E-state index contributed by atoms with van der Waals surface area (Å²) in [6.45, 7) is 2.41. The van der Waals surface area contributed by atoms with Crippen molar-refractivity contribution < 1.29 is 18.8 Å². The molecule has 1 atom stereocenters. The second kappa shape index (κ2) is 13.2. The Labute approximate surface area is 222 Å². The molecule has 8 nitrogen and oxygen atoms in total. The molecule has 0 saturated heterocycles. The normalized spacial score (nSPS) is 11.5. The Morgan fingerprint density at radius 2 is 1.68 bits per heavy atom. The van der Waals surface area contributed by atoms with Crippen LogP contribution in [0.2, 0.25) is 0 Å². The fourth-order valence-electron chi connectivity index (χ4n) is 4.03. The Balaban J connectivity index is 1.41. The van der Waals surface area contributed by atoms with Crippen LogP contribution in [0, 0.1) is 0 Å². The van der Waals surface area contributed by atoms with Gasteiger partial charge in [0.05, 0.1) is 19.6 Å². The number of carbonyl (C=O) groups excluding carboxylic acids is 2. The third-order valence-corrected chi connectivity index (χ3v) is 6.19. The number of unbranched alkanes of at least 4 members (excludes halogenated alkanes) is 1. The number of benzene rings is 3. The molecule has 0 saturated carbocycles. The first-order valence-electron chi connectivity index (χ1n) is 12.8. The molecule has 38 heavy (non-hydrogen) atoms. The van der Waals surface area contributed by atoms with Crippen LogP contribution in [0.5, 0.6) is 0 Å². The van der Waals surface area contributed by atoms with E-state index in [0.29, 0.717) is 17.3 Å². The highest BCUT2D eigenvalue weighted by Crippen LogP contribution is 2.28. The van der Waals surface area contributed by atoms with Crippen LogP contribution >= 0.6 is 0 Å². The standard InChI is InChI=1S/C30H32N4O4/c1-3-4-10-26(32-25-17-15-23(16-18-25)29(36)31-20-19-27(35)37-2)21-11-13-22(14-12-21)28-33-30(38-34-28)24-8-6-5-7-9-24/h5-9,11-18,26,32H,3-4,10,19-20H2,1-2H3,(H,31,36). The van der Waals surface area contributed by atoms with Crippen LogP contribution in [0.4, 0.5) is 5.69 Å². The summed E-state index contributed by atoms with van der Waals surface area (Å²) in [5.74, 6) is 0.461. The number of rotatable bonds is 12. The summed E-state index contributed by atoms with van der Waals surface area (Å²) < 4.78 is 10.0. The van der Waals surface area contributed by atoms with Crippen molar-refractivity contribution in [3.8, 4) is 22.8 Å². The van der Waals surface area contributed by atoms with Crippen molar-refractivity contribution in [2.45, 2.75) is 38.6 Å². The van der Waals surface area contributed by atoms with E-state index in [1.54, 1.807) is 12.1 Å². The van der Waals surface area contributed by atoms with E-state index in [2.05, 4.69) is 44.6 Å². The Morgan fingerprint density at radius 1 is 0.947 bits per heavy atom. The number of nitrogens with zero attached hydrogens (tertiary/aromatic N) is 2. The SMILES string of the molecule is CCCCC(Nc1ccc(C(=O)NCCC(=O)OC)cc1)c1ccc(-c2noc(-c3ccccc3)n2)cc1. The molecule has 0 bridgehead atoms. The topological polar surface area (TPSA) is 106 Å². The molecule has 0 aliphatic carbocycles. The van der Waals surface area contributed by atoms with E-state index in [1.165, 1.54) is 7.11 Å². The molecule has 1 heterocycles. The number of esters is 1. The van der Waals surface area contributed by atoms with Gasteiger partial charge in [-0.05, 0) is 48.4 Å². The van der Waals surface area contributed by atoms with Gasteiger partial charge in [0, 0.05) is 28.9 Å². The van der Waals surface area contributed by atoms with E-state index >= 15 is 0 Å². The van der Waals surface area contributed by atoms with Gasteiger partial charge in [0.2, 0.25) is 5.82 Å². The molecule has 4 aromatic rings. The second-order valence-electron chi connectivity index (χ2n) is 8.91. The molecule has 0 spiro atoms. The predicted molar refractivity (Wildman–Crippen MR) is 146 cm³/mol. The van der Waals surface area contributed by atoms with Crippen molar-refractivity contribution >= 4 is 17.6 Å². The van der Waals surface area contributed by atoms with Crippen LogP contribution < -0.4 is 10.6 Å². The summed E-state index contributed by atoms with van der Waals surface area (Å²) in [7, 11) is 1.33. The lowest BCUT2D eigenvalue weighted by atomic mass is 9.99. The van der Waals surface area contributed by atoms with E-state index in [4.69, 9.17) is 4.52 Å². The minimum atomic E-state index is -0.356. The first-order chi connectivity index (χ1) is 18.6. The smallest absolute Gasteiger partial charge is 0.307 e. The van der Waals surface area contributed by atoms with Gasteiger partial charge in [0.25, 0.3) is 11.8 Å². The predicted octanol–water partition coefficient (Wildman–Crippen LogP) is 6.04. The van der Waals surface area contributed by atoms with Crippen molar-refractivity contribution in [2.75, 3.05) is 19.0 Å². The number of methoxy groups -OCH3 is 1. The number of amides is 1. The van der Waals surface area contributed by atoms with Gasteiger partial charge in [-0.2, -0.15) is 4.98 Å². The summed E-state index contributed by atoms with van der Waals surface area (Å²) in [5, 5.41) is 10.5. The zero-order valence-corrected chi connectivity index (χ0v) is 21.6. The lowest BCUT2D eigenvalue weighted by Crippen LogP contribution is -2.26. The van der Waals surface area contributed by atoms with Crippen LogP contribution in [0.15, 0.2) is 83.4 Å². The minimum absolute atomic E-state index is 0.105. The first kappa shape index (κ1) is 26.6. The Bertz CT molecular complexity index is 1320. The van der Waals surface area contributed by atoms with Crippen LogP contribution in [0.3, 0.4) is 0 Å². The molecular formula is C30H32N4O4. The number of hydrogen-bond acceptors (Lipinski definition) is 7. The van der Waals surface area contributed by atoms with Gasteiger partial charge in [-0.1, -0.05) is 67.4 Å². The Hall–Kier alpha value is -4.46. The fraction of sp³-hybridized carbons (Fsp3) is 0.267. The van der Waals surface area contributed by atoms with E-state index in [0.717, 1.165) is 41.6 Å². The Morgan fingerprint density at radius 3 is 2.37 bits per heavy atom. The molecule has 1 unspecified atom stereocenters. The molecule has 3 aromatic carbocycles. The van der Waals surface area contributed by atoms with Crippen molar-refractivity contribution in [2.24, 2.45) is 0 Å². The molecule has 196 valence electrons. The molecule has 1 amide bonds. The monoisotopic (exact) mass is 512 g/mol. The summed E-state index contributed by atoms with van der Waals surface area (Å²) in [6.07, 6.45) is 3.27. The van der Waals surface area contributed by atoms with Crippen LogP contribution in [0.1, 0.15) is 54.6 Å². The number of hydrogen-bond donors (Lipinski definition) is 2. The molecule has 0 aliphatic rings. The zero-order valence-electron chi connectivity index (χ0n) is 21.6. The quantitative estimate of drug-likeness (QED) is 0.223. The average molecular weight is 513 g/mol. The number of carbonyl (C=O) groups is 2. The van der Waals surface area contributed by atoms with Gasteiger partial charge < -0.3 is 19.9 Å². The number of anilines is 1. The molecule has 8 heteroatoms. The lowest BCUT2D eigenvalue weighted by molar-refractivity contribution is -0.140. The van der Waals surface area contributed by atoms with Gasteiger partial charge >= 0.3 is 5.97 Å². The molecule has 1 aromatic heterocycles. The first-order valence-corrected chi connectivity index (χ1v) is 12.8. The molecule has 0 fully saturated rings. The molecule has 0 aliphatic heterocycles. The number of ether oxygens (including phenoxy) is 1. The second-order valence-corrected chi connectivity index (χ2v) is 8.91. The molecule has 0 radical (unpaired) electrons. The van der Waals surface area contributed by atoms with E-state index < -0.39 is 0 Å². The third-order valence-electron chi connectivity index (χ3n) is 6.19. The number of nitrogens with one attached hydrogen (secondary N) is 2. The maximum Gasteiger partial charge on any atom is 0.307 e. The van der Waals surface area contributed by atoms with E-state index in [9.17, 15) is 9.59 Å². The highest BCUT2D eigenvalue weighted by molar-refractivity contribution is 5.94. The van der Waals surface area contributed by atoms with Crippen LogP contribution in [0.25, 0.3) is 22.8 Å². The lowest BCUT2D eigenvalue weighted by Gasteiger charge is -2.21. The van der Waals surface area contributed by atoms with Gasteiger partial charge in [0.15, 0.2) is 0 Å². The largest absolute Gasteiger partial charge is 0.469 e. The minimum Gasteiger partial charge on any atom is -0.469 e. The summed E-state index contributed by atoms with van der Waals surface area (Å²) in [5.41, 5.74) is 4.38. The van der Waals surface area contributed by atoms with Crippen molar-refractivity contribution in [1.82, 2.24) is 15.5 Å². The van der Waals surface area contributed by atoms with Crippen molar-refractivity contribution in [1.29, 1.82) is 0 Å². The molecule has 4 rings (SSSR count). The maximum absolute atomic E-state index is 12.3. The third kappa shape index (κ3) is 7.06. The van der Waals surface area contributed by atoms with Gasteiger partial charge in [-0.15, -0.1) is 0 Å². The maximum atomic E-state index is 12.3. The highest BCUT2D eigenvalue weighted by atomic mass is 16.5. The molecule has 2 N–H and O–H groups in total. The van der Waals surface area contributed by atoms with Crippen molar-refractivity contribution in [3.05, 3.63) is 90.0 Å². The summed E-state index contributed by atoms with van der Waals surface area (Å²) >= 11 is 0. The summed E-state index contributed by atoms with van der Waals surface area (Å²) in [4.78, 5) is 28.1. The number of aromatic nitrogens is 2. The fourth-order valence-corrected chi connectivity index (χ4v) is 4.03. The van der Waals surface area contributed by atoms with Gasteiger partial charge in [-0.25, -0.2) is 0 Å². The van der Waals surface area contributed by atoms with E-state index in [-0.39, 0.29) is 30.9 Å². The highest BCUT2D eigenvalue weighted by Gasteiger charge is 2.15. The van der Waals surface area contributed by atoms with Crippen LogP contribution in [-0.4, -0.2) is 35.7 Å². The zero-order chi connectivity index (χ0) is 26.7. The van der Waals surface area contributed by atoms with Gasteiger partial charge in [-0.3, -0.25) is 9.59 Å². The van der Waals surface area contributed by atoms with Crippen molar-refractivity contribution in [3.63, 3.8) is 0 Å². The molecular weight excluding hydrogens is 480 g/mol. The van der Waals surface area contributed by atoms with Gasteiger partial charge in [0.1, 0.15) is 0 Å². The Kier molecular flexibility index (Phi) is 9.23.